The number of carboxylic acids is 3. The highest BCUT2D eigenvalue weighted by molar-refractivity contribution is 8.68. The molecule has 0 aromatic heterocycles. The van der Waals surface area contributed by atoms with Gasteiger partial charge in [0, 0.05) is 37.9 Å². The molecule has 0 spiro atoms. The molecule has 320 valence electrons. The van der Waals surface area contributed by atoms with Crippen LogP contribution in [0.5, 0.6) is 0 Å². The second-order valence-electron chi connectivity index (χ2n) is 13.8. The second-order valence-corrected chi connectivity index (χ2v) is 15.2. The zero-order chi connectivity index (χ0) is 42.9. The van der Waals surface area contributed by atoms with Crippen molar-refractivity contribution < 1.29 is 63.6 Å². The maximum absolute atomic E-state index is 14.2. The predicted octanol–water partition coefficient (Wildman–Crippen LogP) is -0.764. The first-order chi connectivity index (χ1) is 27.6. The molecule has 0 aliphatic carbocycles. The fraction of sp³-hybridized carbons (Fsp3) is 0.583. The van der Waals surface area contributed by atoms with Crippen molar-refractivity contribution in [2.24, 2.45) is 0 Å². The average Bonchev–Trinajstić information content (AvgIpc) is 3.89. The van der Waals surface area contributed by atoms with Crippen LogP contribution in [0.3, 0.4) is 0 Å². The molecule has 6 amide bonds. The first-order valence-electron chi connectivity index (χ1n) is 18.7. The van der Waals surface area contributed by atoms with Crippen LogP contribution in [0.1, 0.15) is 86.4 Å². The molecule has 2 aliphatic heterocycles. The number of aliphatic hydroxyl groups is 1. The number of likely N-dealkylation sites (tertiary alicyclic amines) is 2. The van der Waals surface area contributed by atoms with Gasteiger partial charge in [0.2, 0.25) is 29.5 Å². The molecule has 58 heavy (non-hydrogen) atoms. The number of carbonyl (C=O) groups is 9. The lowest BCUT2D eigenvalue weighted by molar-refractivity contribution is -0.148. The maximum Gasteiger partial charge on any atom is 0.326 e. The van der Waals surface area contributed by atoms with Crippen molar-refractivity contribution in [3.8, 4) is 0 Å². The topological polar surface area (TPSA) is 301 Å². The molecule has 1 aromatic rings. The van der Waals surface area contributed by atoms with Gasteiger partial charge in [0.1, 0.15) is 36.4 Å². The van der Waals surface area contributed by atoms with Gasteiger partial charge in [-0.05, 0) is 69.2 Å². The molecule has 0 radical (unpaired) electrons. The molecule has 2 fully saturated rings. The van der Waals surface area contributed by atoms with Gasteiger partial charge in [-0.25, -0.2) is 4.79 Å². The van der Waals surface area contributed by atoms with Crippen LogP contribution in [0, 0.1) is 0 Å². The van der Waals surface area contributed by atoms with Crippen LogP contribution >= 0.6 is 22.5 Å². The number of aliphatic carboxylic acids is 3. The monoisotopic (exact) mass is 853 g/mol. The minimum absolute atomic E-state index is 0.0666. The molecule has 1 aromatic carbocycles. The third-order valence-corrected chi connectivity index (χ3v) is 10.6. The van der Waals surface area contributed by atoms with Crippen LogP contribution in [0.15, 0.2) is 24.3 Å². The minimum atomic E-state index is -1.92. The van der Waals surface area contributed by atoms with Crippen LogP contribution < -0.4 is 26.6 Å². The van der Waals surface area contributed by atoms with Crippen LogP contribution in [0.2, 0.25) is 0 Å². The number of carbonyl (C=O) groups excluding carboxylic acids is 6. The number of rotatable bonds is 23. The van der Waals surface area contributed by atoms with Crippen molar-refractivity contribution in [3.05, 3.63) is 35.4 Å². The first kappa shape index (κ1) is 47.4. The fourth-order valence-electron chi connectivity index (χ4n) is 6.77. The Hall–Kier alpha value is -4.93. The molecule has 6 unspecified atom stereocenters. The number of amides is 6. The summed E-state index contributed by atoms with van der Waals surface area (Å²) in [7, 11) is 2.68. The van der Waals surface area contributed by atoms with E-state index >= 15 is 0 Å². The number of nitrogens with one attached hydrogen (secondary N) is 5. The summed E-state index contributed by atoms with van der Waals surface area (Å²) in [6.45, 7) is 0.693. The molecular weight excluding hydrogens is 803 g/mol. The maximum atomic E-state index is 14.2. The van der Waals surface area contributed by atoms with E-state index in [-0.39, 0.29) is 44.2 Å². The Kier molecular flexibility index (Phi) is 19.2. The van der Waals surface area contributed by atoms with Crippen LogP contribution in [-0.2, 0) is 38.4 Å². The Morgan fingerprint density at radius 2 is 1.43 bits per heavy atom. The first-order valence-corrected chi connectivity index (χ1v) is 20.8. The largest absolute Gasteiger partial charge is 0.481 e. The number of nitrogens with zero attached hydrogens (tertiary/aromatic N) is 2. The van der Waals surface area contributed by atoms with E-state index in [4.69, 9.17) is 5.11 Å². The molecular formula is C36H51N7O13S2. The van der Waals surface area contributed by atoms with E-state index in [1.54, 1.807) is 24.3 Å². The normalized spacial score (nSPS) is 18.3. The molecule has 3 rings (SSSR count). The van der Waals surface area contributed by atoms with Crippen molar-refractivity contribution >= 4 is 75.8 Å². The predicted molar refractivity (Wildman–Crippen MR) is 210 cm³/mol. The van der Waals surface area contributed by atoms with E-state index in [1.165, 1.54) is 27.6 Å². The van der Waals surface area contributed by atoms with Gasteiger partial charge in [-0.15, -0.1) is 11.7 Å². The van der Waals surface area contributed by atoms with Gasteiger partial charge < -0.3 is 51.5 Å². The van der Waals surface area contributed by atoms with Gasteiger partial charge in [0.15, 0.2) is 0 Å². The van der Waals surface area contributed by atoms with Crippen molar-refractivity contribution in [3.63, 3.8) is 0 Å². The van der Waals surface area contributed by atoms with Crippen LogP contribution in [0.4, 0.5) is 0 Å². The molecule has 2 heterocycles. The lowest BCUT2D eigenvalue weighted by Crippen LogP contribution is -2.58. The molecule has 22 heteroatoms. The Morgan fingerprint density at radius 3 is 2.03 bits per heavy atom. The molecule has 6 atom stereocenters. The summed E-state index contributed by atoms with van der Waals surface area (Å²) in [5.74, 6) is -8.27. The third-order valence-electron chi connectivity index (χ3n) is 9.69. The van der Waals surface area contributed by atoms with Crippen molar-refractivity contribution in [1.29, 1.82) is 0 Å². The van der Waals surface area contributed by atoms with Gasteiger partial charge in [-0.2, -0.15) is 0 Å². The Balaban J connectivity index is 1.76. The quantitative estimate of drug-likeness (QED) is 0.0280. The summed E-state index contributed by atoms with van der Waals surface area (Å²) in [6.07, 6.45) is -0.741. The third kappa shape index (κ3) is 14.2. The summed E-state index contributed by atoms with van der Waals surface area (Å²) < 4.78 is 0. The smallest absolute Gasteiger partial charge is 0.326 e. The summed E-state index contributed by atoms with van der Waals surface area (Å²) in [4.78, 5) is 116. The van der Waals surface area contributed by atoms with E-state index < -0.39 is 90.8 Å². The molecule has 2 aliphatic rings. The summed E-state index contributed by atoms with van der Waals surface area (Å²) >= 11 is 4.07. The number of unbranched alkanes of at least 4 members (excludes halogenated alkanes) is 1. The number of aliphatic hydroxyl groups excluding tert-OH is 1. The summed E-state index contributed by atoms with van der Waals surface area (Å²) in [5, 5.41) is 50.9. The second kappa shape index (κ2) is 23.5. The zero-order valence-electron chi connectivity index (χ0n) is 31.9. The van der Waals surface area contributed by atoms with E-state index in [0.717, 1.165) is 0 Å². The van der Waals surface area contributed by atoms with Gasteiger partial charge in [0.05, 0.1) is 12.8 Å². The standard InChI is InChI=1S/C36H51N7O13S2/c1-37-30(49)20-7-4-8-21(17-20)31(50)38-13-3-2-9-22(39-33(52)25-10-5-14-42(25)27(44)12-16-58-57)35(54)43-15-6-11-26(43)34(53)40-23(18-28(45)46)32(51)41-24(36(55)56)19-29(47)48/h4,7-8,17,22-26,31,38,50,57H,2-3,5-6,9-16,18-19H2,1H3,(H,37,49)(H,39,52)(H,40,53)(H,41,51)(H,45,46)(H,47,48)(H,55,56). The number of hydrogen-bond acceptors (Lipinski definition) is 13. The van der Waals surface area contributed by atoms with E-state index in [2.05, 4.69) is 32.9 Å². The molecule has 9 N–H and O–H groups in total. The number of hydrogen-bond donors (Lipinski definition) is 10. The van der Waals surface area contributed by atoms with Crippen LogP contribution in [0.25, 0.3) is 0 Å². The lowest BCUT2D eigenvalue weighted by Gasteiger charge is -2.31. The molecule has 0 saturated carbocycles. The molecule has 2 saturated heterocycles. The Bertz CT molecular complexity index is 1690. The Labute approximate surface area is 343 Å². The zero-order valence-corrected chi connectivity index (χ0v) is 33.6. The van der Waals surface area contributed by atoms with Crippen molar-refractivity contribution in [2.45, 2.75) is 101 Å². The molecule has 0 bridgehead atoms. The fourth-order valence-corrected chi connectivity index (χ4v) is 7.31. The highest BCUT2D eigenvalue weighted by atomic mass is 33.1. The van der Waals surface area contributed by atoms with Crippen LogP contribution in [-0.4, -0.2) is 146 Å². The highest BCUT2D eigenvalue weighted by Crippen LogP contribution is 2.23. The molecule has 20 nitrogen and oxygen atoms in total. The van der Waals surface area contributed by atoms with Gasteiger partial charge >= 0.3 is 17.9 Å². The summed E-state index contributed by atoms with van der Waals surface area (Å²) in [6, 6.07) is -0.543. The Morgan fingerprint density at radius 1 is 0.828 bits per heavy atom. The van der Waals surface area contributed by atoms with Gasteiger partial charge in [0.25, 0.3) is 5.91 Å². The number of thiol groups is 1. The van der Waals surface area contributed by atoms with Crippen molar-refractivity contribution in [2.75, 3.05) is 32.4 Å². The summed E-state index contributed by atoms with van der Waals surface area (Å²) in [5.41, 5.74) is 0.812. The van der Waals surface area contributed by atoms with Crippen molar-refractivity contribution in [1.82, 2.24) is 36.4 Å². The van der Waals surface area contributed by atoms with Gasteiger partial charge in [-0.1, -0.05) is 22.9 Å². The number of benzene rings is 1. The lowest BCUT2D eigenvalue weighted by atomic mass is 10.0. The number of carboxylic acid groups (broad SMARTS) is 3. The van der Waals surface area contributed by atoms with E-state index in [1.807, 2.05) is 5.32 Å². The highest BCUT2D eigenvalue weighted by Gasteiger charge is 2.41. The van der Waals surface area contributed by atoms with E-state index in [9.17, 15) is 58.5 Å². The van der Waals surface area contributed by atoms with E-state index in [0.29, 0.717) is 55.5 Å². The minimum Gasteiger partial charge on any atom is -0.481 e. The average molecular weight is 854 g/mol. The SMILES string of the molecule is CNC(=O)c1cccc(C(O)NCCCCC(NC(=O)C2CCCN2C(=O)CCSS)C(=O)N2CCCC2C(=O)NC(CC(=O)O)C(=O)NC(CC(=O)O)C(=O)O)c1. The van der Waals surface area contributed by atoms with Gasteiger partial charge in [-0.3, -0.25) is 43.7 Å².